The Hall–Kier alpha value is -4.62. The van der Waals surface area contributed by atoms with Crippen molar-refractivity contribution in [2.24, 2.45) is 0 Å². The van der Waals surface area contributed by atoms with Gasteiger partial charge in [-0.15, -0.1) is 11.3 Å². The summed E-state index contributed by atoms with van der Waals surface area (Å²) < 4.78 is 16.7. The van der Waals surface area contributed by atoms with E-state index in [1.807, 2.05) is 36.4 Å². The fourth-order valence-electron chi connectivity index (χ4n) is 5.23. The Morgan fingerprint density at radius 2 is 1.67 bits per heavy atom. The summed E-state index contributed by atoms with van der Waals surface area (Å²) in [5, 5.41) is 3.17. The fraction of sp³-hybridized carbons (Fsp3) is 0.222. The molecule has 0 amide bonds. The van der Waals surface area contributed by atoms with Gasteiger partial charge in [-0.2, -0.15) is 0 Å². The highest BCUT2D eigenvalue weighted by Crippen LogP contribution is 2.38. The summed E-state index contributed by atoms with van der Waals surface area (Å²) in [6.07, 6.45) is 1.26. The normalized spacial score (nSPS) is 13.7. The molecule has 1 aliphatic heterocycles. The largest absolute Gasteiger partial charge is 0.492 e. The number of rotatable bonds is 12. The van der Waals surface area contributed by atoms with E-state index in [0.717, 1.165) is 58.5 Å². The Morgan fingerprint density at radius 1 is 0.930 bits per heavy atom. The summed E-state index contributed by atoms with van der Waals surface area (Å²) in [4.78, 5) is 19.1. The molecule has 7 heteroatoms. The SMILES string of the molecule is COC(=O)CC1COc2cc(OCc3ccc(CN(CCc4ccccc4)c4nc(-c5ccccc5)cs4)cc3)ccc21. The van der Waals surface area contributed by atoms with Crippen LogP contribution in [0.25, 0.3) is 11.3 Å². The van der Waals surface area contributed by atoms with Gasteiger partial charge in [-0.3, -0.25) is 4.79 Å². The molecule has 1 atom stereocenters. The van der Waals surface area contributed by atoms with Gasteiger partial charge >= 0.3 is 5.97 Å². The van der Waals surface area contributed by atoms with Crippen molar-refractivity contribution in [2.75, 3.05) is 25.2 Å². The summed E-state index contributed by atoms with van der Waals surface area (Å²) in [5.41, 5.74) is 6.79. The first-order chi connectivity index (χ1) is 21.1. The molecule has 0 fully saturated rings. The van der Waals surface area contributed by atoms with Crippen LogP contribution in [-0.4, -0.2) is 31.2 Å². The van der Waals surface area contributed by atoms with Crippen molar-refractivity contribution in [2.45, 2.75) is 31.9 Å². The second kappa shape index (κ2) is 13.6. The maximum absolute atomic E-state index is 11.7. The zero-order valence-corrected chi connectivity index (χ0v) is 25.0. The van der Waals surface area contributed by atoms with Crippen molar-refractivity contribution in [1.82, 2.24) is 4.98 Å². The van der Waals surface area contributed by atoms with Crippen molar-refractivity contribution < 1.29 is 19.0 Å². The molecular formula is C36H34N2O4S. The third-order valence-corrected chi connectivity index (χ3v) is 8.55. The van der Waals surface area contributed by atoms with Crippen LogP contribution in [0, 0.1) is 0 Å². The standard InChI is InChI=1S/C36H34N2O4S/c1-40-35(39)20-30-24-42-34-21-31(16-17-32(30)34)41-23-28-14-12-27(13-15-28)22-38(19-18-26-8-4-2-5-9-26)36-37-33(25-43-36)29-10-6-3-7-11-29/h2-17,21,25,30H,18-20,22-24H2,1H3. The number of carbonyl (C=O) groups is 1. The second-order valence-corrected chi connectivity index (χ2v) is 11.5. The lowest BCUT2D eigenvalue weighted by atomic mass is 9.98. The third kappa shape index (κ3) is 7.24. The Balaban J connectivity index is 1.10. The number of hydrogen-bond donors (Lipinski definition) is 0. The molecule has 1 unspecified atom stereocenters. The maximum Gasteiger partial charge on any atom is 0.306 e. The number of methoxy groups -OCH3 is 1. The Bertz CT molecular complexity index is 1640. The van der Waals surface area contributed by atoms with E-state index in [2.05, 4.69) is 77.0 Å². The van der Waals surface area contributed by atoms with Gasteiger partial charge in [0, 0.05) is 41.6 Å². The highest BCUT2D eigenvalue weighted by atomic mass is 32.1. The van der Waals surface area contributed by atoms with E-state index in [4.69, 9.17) is 19.2 Å². The second-order valence-electron chi connectivity index (χ2n) is 10.6. The van der Waals surface area contributed by atoms with Crippen LogP contribution in [0.3, 0.4) is 0 Å². The zero-order chi connectivity index (χ0) is 29.4. The van der Waals surface area contributed by atoms with Crippen LogP contribution >= 0.6 is 11.3 Å². The summed E-state index contributed by atoms with van der Waals surface area (Å²) in [7, 11) is 1.41. The highest BCUT2D eigenvalue weighted by molar-refractivity contribution is 7.14. The van der Waals surface area contributed by atoms with Crippen molar-refractivity contribution in [1.29, 1.82) is 0 Å². The molecule has 6 rings (SSSR count). The Labute approximate surface area is 256 Å². The van der Waals surface area contributed by atoms with Crippen molar-refractivity contribution in [3.05, 3.63) is 131 Å². The summed E-state index contributed by atoms with van der Waals surface area (Å²) >= 11 is 1.69. The van der Waals surface area contributed by atoms with Crippen molar-refractivity contribution in [3.63, 3.8) is 0 Å². The van der Waals surface area contributed by atoms with E-state index in [1.54, 1.807) is 11.3 Å². The molecule has 218 valence electrons. The predicted octanol–water partition coefficient (Wildman–Crippen LogP) is 7.68. The van der Waals surface area contributed by atoms with Gasteiger partial charge in [0.2, 0.25) is 0 Å². The molecular weight excluding hydrogens is 556 g/mol. The molecule has 1 aliphatic rings. The smallest absolute Gasteiger partial charge is 0.306 e. The van der Waals surface area contributed by atoms with Gasteiger partial charge in [-0.05, 0) is 29.2 Å². The predicted molar refractivity (Wildman–Crippen MR) is 171 cm³/mol. The van der Waals surface area contributed by atoms with Crippen LogP contribution in [0.2, 0.25) is 0 Å². The number of anilines is 1. The Kier molecular flexibility index (Phi) is 8.99. The number of fused-ring (bicyclic) bond motifs is 1. The van der Waals surface area contributed by atoms with E-state index >= 15 is 0 Å². The molecule has 43 heavy (non-hydrogen) atoms. The van der Waals surface area contributed by atoms with Gasteiger partial charge in [0.25, 0.3) is 0 Å². The molecule has 0 aliphatic carbocycles. The molecule has 0 radical (unpaired) electrons. The van der Waals surface area contributed by atoms with E-state index in [-0.39, 0.29) is 11.9 Å². The fourth-order valence-corrected chi connectivity index (χ4v) is 6.09. The molecule has 4 aromatic carbocycles. The van der Waals surface area contributed by atoms with E-state index in [9.17, 15) is 4.79 Å². The quantitative estimate of drug-likeness (QED) is 0.139. The number of thiazole rings is 1. The first-order valence-electron chi connectivity index (χ1n) is 14.5. The maximum atomic E-state index is 11.7. The number of benzene rings is 4. The highest BCUT2D eigenvalue weighted by Gasteiger charge is 2.27. The van der Waals surface area contributed by atoms with Gasteiger partial charge in [0.15, 0.2) is 5.13 Å². The third-order valence-electron chi connectivity index (χ3n) is 7.65. The first-order valence-corrected chi connectivity index (χ1v) is 15.4. The molecule has 1 aromatic heterocycles. The number of esters is 1. The van der Waals surface area contributed by atoms with Gasteiger partial charge in [-0.1, -0.05) is 91.0 Å². The number of aromatic nitrogens is 1. The first kappa shape index (κ1) is 28.5. The number of hydrogen-bond acceptors (Lipinski definition) is 7. The summed E-state index contributed by atoms with van der Waals surface area (Å²) in [6.45, 7) is 2.57. The molecule has 5 aromatic rings. The van der Waals surface area contributed by atoms with Crippen LogP contribution in [-0.2, 0) is 29.1 Å². The van der Waals surface area contributed by atoms with Crippen LogP contribution in [0.1, 0.15) is 34.6 Å². The molecule has 0 bridgehead atoms. The van der Waals surface area contributed by atoms with E-state index < -0.39 is 0 Å². The van der Waals surface area contributed by atoms with Crippen LogP contribution < -0.4 is 14.4 Å². The molecule has 0 saturated heterocycles. The minimum atomic E-state index is -0.229. The van der Waals surface area contributed by atoms with Gasteiger partial charge < -0.3 is 19.1 Å². The van der Waals surface area contributed by atoms with Crippen molar-refractivity contribution >= 4 is 22.4 Å². The monoisotopic (exact) mass is 590 g/mol. The topological polar surface area (TPSA) is 60.9 Å². The number of nitrogens with zero attached hydrogens (tertiary/aromatic N) is 2. The van der Waals surface area contributed by atoms with Gasteiger partial charge in [0.05, 0.1) is 25.8 Å². The zero-order valence-electron chi connectivity index (χ0n) is 24.1. The van der Waals surface area contributed by atoms with Crippen LogP contribution in [0.15, 0.2) is 109 Å². The molecule has 0 spiro atoms. The summed E-state index contributed by atoms with van der Waals surface area (Å²) in [5.74, 6) is 1.31. The average Bonchev–Trinajstić information content (AvgIpc) is 3.71. The lowest BCUT2D eigenvalue weighted by Gasteiger charge is -2.22. The minimum Gasteiger partial charge on any atom is -0.492 e. The average molecular weight is 591 g/mol. The van der Waals surface area contributed by atoms with E-state index in [1.165, 1.54) is 18.2 Å². The number of ether oxygens (including phenoxy) is 3. The number of carbonyl (C=O) groups excluding carboxylic acids is 1. The molecule has 0 N–H and O–H groups in total. The summed E-state index contributed by atoms with van der Waals surface area (Å²) in [6, 6.07) is 35.3. The lowest BCUT2D eigenvalue weighted by Crippen LogP contribution is -2.25. The van der Waals surface area contributed by atoms with Crippen molar-refractivity contribution in [3.8, 4) is 22.8 Å². The van der Waals surface area contributed by atoms with Crippen LogP contribution in [0.5, 0.6) is 11.5 Å². The van der Waals surface area contributed by atoms with Gasteiger partial charge in [0.1, 0.15) is 18.1 Å². The van der Waals surface area contributed by atoms with E-state index in [0.29, 0.717) is 19.6 Å². The lowest BCUT2D eigenvalue weighted by molar-refractivity contribution is -0.141. The minimum absolute atomic E-state index is 0.0191. The molecule has 6 nitrogen and oxygen atoms in total. The molecule has 2 heterocycles. The van der Waals surface area contributed by atoms with Gasteiger partial charge in [-0.25, -0.2) is 4.98 Å². The van der Waals surface area contributed by atoms with Crippen LogP contribution in [0.4, 0.5) is 5.13 Å². The Morgan fingerprint density at radius 3 is 2.44 bits per heavy atom. The molecule has 0 saturated carbocycles.